The minimum absolute atomic E-state index is 0.618. The van der Waals surface area contributed by atoms with Gasteiger partial charge < -0.3 is 8.98 Å². The molecule has 0 aliphatic heterocycles. The van der Waals surface area contributed by atoms with E-state index in [1.165, 1.54) is 0 Å². The Labute approximate surface area is 322 Å². The summed E-state index contributed by atoms with van der Waals surface area (Å²) >= 11 is 0. The lowest BCUT2D eigenvalue weighted by Gasteiger charge is -2.13. The molecular formula is C51H32N4O. The highest BCUT2D eigenvalue weighted by Gasteiger charge is 2.20. The van der Waals surface area contributed by atoms with Crippen molar-refractivity contribution in [3.8, 4) is 62.1 Å². The van der Waals surface area contributed by atoms with Crippen molar-refractivity contribution in [1.29, 1.82) is 0 Å². The van der Waals surface area contributed by atoms with Gasteiger partial charge in [0.05, 0.1) is 16.4 Å². The van der Waals surface area contributed by atoms with E-state index in [-0.39, 0.29) is 0 Å². The Morgan fingerprint density at radius 2 is 0.946 bits per heavy atom. The van der Waals surface area contributed by atoms with Crippen molar-refractivity contribution in [3.05, 3.63) is 194 Å². The number of hydrogen-bond acceptors (Lipinski definition) is 4. The topological polar surface area (TPSA) is 56.7 Å². The van der Waals surface area contributed by atoms with E-state index < -0.39 is 0 Å². The van der Waals surface area contributed by atoms with Gasteiger partial charge in [-0.25, -0.2) is 15.0 Å². The third-order valence-corrected chi connectivity index (χ3v) is 10.7. The van der Waals surface area contributed by atoms with Crippen LogP contribution in [0.4, 0.5) is 0 Å². The lowest BCUT2D eigenvalue weighted by atomic mass is 9.99. The molecule has 11 aromatic rings. The predicted molar refractivity (Wildman–Crippen MR) is 229 cm³/mol. The molecule has 0 amide bonds. The average Bonchev–Trinajstić information content (AvgIpc) is 3.83. The molecule has 262 valence electrons. The molecule has 0 aliphatic rings. The molecule has 0 unspecified atom stereocenters. The van der Waals surface area contributed by atoms with Crippen LogP contribution in [0.3, 0.4) is 0 Å². The minimum atomic E-state index is 0.618. The van der Waals surface area contributed by atoms with Crippen molar-refractivity contribution < 1.29 is 4.42 Å². The Hall–Kier alpha value is -7.63. The van der Waals surface area contributed by atoms with Gasteiger partial charge in [0.1, 0.15) is 11.2 Å². The van der Waals surface area contributed by atoms with Crippen molar-refractivity contribution in [2.45, 2.75) is 0 Å². The Balaban J connectivity index is 1.05. The zero-order valence-corrected chi connectivity index (χ0v) is 30.2. The summed E-state index contributed by atoms with van der Waals surface area (Å²) in [4.78, 5) is 15.3. The predicted octanol–water partition coefficient (Wildman–Crippen LogP) is 13.2. The summed E-state index contributed by atoms with van der Waals surface area (Å²) in [5.74, 6) is 1.88. The zero-order chi connectivity index (χ0) is 37.0. The molecule has 8 aromatic carbocycles. The maximum Gasteiger partial charge on any atom is 0.164 e. The quantitative estimate of drug-likeness (QED) is 0.172. The molecule has 0 saturated carbocycles. The van der Waals surface area contributed by atoms with Gasteiger partial charge in [0, 0.05) is 38.5 Å². The van der Waals surface area contributed by atoms with Gasteiger partial charge in [-0.1, -0.05) is 152 Å². The first kappa shape index (κ1) is 31.9. The third kappa shape index (κ3) is 5.29. The smallest absolute Gasteiger partial charge is 0.164 e. The minimum Gasteiger partial charge on any atom is -0.455 e. The van der Waals surface area contributed by atoms with Gasteiger partial charge in [0.15, 0.2) is 17.5 Å². The molecule has 5 heteroatoms. The van der Waals surface area contributed by atoms with Crippen molar-refractivity contribution in [2.24, 2.45) is 0 Å². The molecule has 0 bridgehead atoms. The second kappa shape index (κ2) is 13.0. The Morgan fingerprint density at radius 3 is 1.77 bits per heavy atom. The standard InChI is InChI=1S/C51H32N4O/c1-3-15-33(16-4-1)39-23-7-8-25-42(39)51-53-49(34-17-5-2-6-18-34)52-50(54-51)37-21-13-19-35(31-37)36-20-14-22-38(32-36)55-44-27-11-9-26-43(44)47-45(55)30-29-41-40-24-10-12-28-46(40)56-48(41)47/h1-32H. The van der Waals surface area contributed by atoms with Crippen molar-refractivity contribution in [3.63, 3.8) is 0 Å². The third-order valence-electron chi connectivity index (χ3n) is 10.7. The van der Waals surface area contributed by atoms with Gasteiger partial charge >= 0.3 is 0 Å². The summed E-state index contributed by atoms with van der Waals surface area (Å²) in [6, 6.07) is 67.3. The number of rotatable bonds is 6. The number of para-hydroxylation sites is 2. The van der Waals surface area contributed by atoms with E-state index in [2.05, 4.69) is 144 Å². The molecule has 0 spiro atoms. The molecule has 0 saturated heterocycles. The normalized spacial score (nSPS) is 11.6. The largest absolute Gasteiger partial charge is 0.455 e. The molecule has 3 aromatic heterocycles. The van der Waals surface area contributed by atoms with Gasteiger partial charge in [-0.15, -0.1) is 0 Å². The van der Waals surface area contributed by atoms with E-state index in [9.17, 15) is 0 Å². The molecule has 11 rings (SSSR count). The van der Waals surface area contributed by atoms with Gasteiger partial charge in [-0.05, 0) is 64.7 Å². The fourth-order valence-corrected chi connectivity index (χ4v) is 8.06. The molecule has 56 heavy (non-hydrogen) atoms. The molecule has 0 radical (unpaired) electrons. The van der Waals surface area contributed by atoms with E-state index in [1.54, 1.807) is 0 Å². The number of aromatic nitrogens is 4. The van der Waals surface area contributed by atoms with E-state index in [0.29, 0.717) is 17.5 Å². The summed E-state index contributed by atoms with van der Waals surface area (Å²) in [5, 5.41) is 4.54. The Kier molecular flexibility index (Phi) is 7.42. The number of nitrogens with zero attached hydrogens (tertiary/aromatic N) is 4. The van der Waals surface area contributed by atoms with Gasteiger partial charge in [-0.3, -0.25) is 0 Å². The van der Waals surface area contributed by atoms with Crippen LogP contribution in [0.2, 0.25) is 0 Å². The first-order valence-electron chi connectivity index (χ1n) is 18.8. The number of hydrogen-bond donors (Lipinski definition) is 0. The van der Waals surface area contributed by atoms with Crippen LogP contribution < -0.4 is 0 Å². The van der Waals surface area contributed by atoms with E-state index in [4.69, 9.17) is 19.4 Å². The second-order valence-corrected chi connectivity index (χ2v) is 14.0. The summed E-state index contributed by atoms with van der Waals surface area (Å²) < 4.78 is 8.89. The van der Waals surface area contributed by atoms with Crippen molar-refractivity contribution >= 4 is 43.7 Å². The SMILES string of the molecule is c1ccc(-c2nc(-c3cccc(-c4cccc(-n5c6ccccc6c6c7oc8ccccc8c7ccc65)c4)c3)nc(-c3ccccc3-c3ccccc3)n2)cc1. The number of fused-ring (bicyclic) bond motifs is 7. The van der Waals surface area contributed by atoms with Crippen LogP contribution in [0.5, 0.6) is 0 Å². The van der Waals surface area contributed by atoms with Crippen molar-refractivity contribution in [2.75, 3.05) is 0 Å². The molecule has 0 atom stereocenters. The highest BCUT2D eigenvalue weighted by molar-refractivity contribution is 6.23. The fourth-order valence-electron chi connectivity index (χ4n) is 8.06. The summed E-state index contributed by atoms with van der Waals surface area (Å²) in [5.41, 5.74) is 12.3. The molecule has 0 fully saturated rings. The molecule has 0 aliphatic carbocycles. The first-order valence-corrected chi connectivity index (χ1v) is 18.8. The molecule has 3 heterocycles. The maximum absolute atomic E-state index is 6.54. The van der Waals surface area contributed by atoms with E-state index in [0.717, 1.165) is 88.4 Å². The van der Waals surface area contributed by atoms with Gasteiger partial charge in [-0.2, -0.15) is 0 Å². The number of benzene rings is 8. The van der Waals surface area contributed by atoms with Crippen LogP contribution in [0.1, 0.15) is 0 Å². The fraction of sp³-hybridized carbons (Fsp3) is 0. The van der Waals surface area contributed by atoms with Crippen LogP contribution in [0.25, 0.3) is 106 Å². The molecule has 5 nitrogen and oxygen atoms in total. The highest BCUT2D eigenvalue weighted by Crippen LogP contribution is 2.41. The van der Waals surface area contributed by atoms with Crippen LogP contribution in [0, 0.1) is 0 Å². The zero-order valence-electron chi connectivity index (χ0n) is 30.2. The van der Waals surface area contributed by atoms with Crippen LogP contribution >= 0.6 is 0 Å². The molecular weight excluding hydrogens is 685 g/mol. The lowest BCUT2D eigenvalue weighted by Crippen LogP contribution is -2.01. The molecule has 0 N–H and O–H groups in total. The summed E-state index contributed by atoms with van der Waals surface area (Å²) in [6.07, 6.45) is 0. The summed E-state index contributed by atoms with van der Waals surface area (Å²) in [7, 11) is 0. The van der Waals surface area contributed by atoms with Crippen LogP contribution in [-0.4, -0.2) is 19.5 Å². The van der Waals surface area contributed by atoms with Crippen molar-refractivity contribution in [1.82, 2.24) is 19.5 Å². The van der Waals surface area contributed by atoms with E-state index >= 15 is 0 Å². The average molecular weight is 717 g/mol. The lowest BCUT2D eigenvalue weighted by molar-refractivity contribution is 0.673. The van der Waals surface area contributed by atoms with Gasteiger partial charge in [0.2, 0.25) is 0 Å². The van der Waals surface area contributed by atoms with Crippen LogP contribution in [-0.2, 0) is 0 Å². The summed E-state index contributed by atoms with van der Waals surface area (Å²) in [6.45, 7) is 0. The van der Waals surface area contributed by atoms with Crippen LogP contribution in [0.15, 0.2) is 199 Å². The number of furan rings is 1. The Morgan fingerprint density at radius 1 is 0.357 bits per heavy atom. The Bertz CT molecular complexity index is 3250. The second-order valence-electron chi connectivity index (χ2n) is 14.0. The maximum atomic E-state index is 6.54. The van der Waals surface area contributed by atoms with E-state index in [1.807, 2.05) is 54.6 Å². The first-order chi connectivity index (χ1) is 27.8. The van der Waals surface area contributed by atoms with Gasteiger partial charge in [0.25, 0.3) is 0 Å². The monoisotopic (exact) mass is 716 g/mol. The highest BCUT2D eigenvalue weighted by atomic mass is 16.3.